The van der Waals surface area contributed by atoms with Crippen LogP contribution in [0.2, 0.25) is 0 Å². The van der Waals surface area contributed by atoms with E-state index in [0.29, 0.717) is 0 Å². The molecule has 100 valence electrons. The van der Waals surface area contributed by atoms with E-state index in [1.54, 1.807) is 0 Å². The molecule has 0 atom stereocenters. The first-order valence-corrected chi connectivity index (χ1v) is 5.55. The molecule has 0 saturated carbocycles. The van der Waals surface area contributed by atoms with Gasteiger partial charge in [0.25, 0.3) is 0 Å². The van der Waals surface area contributed by atoms with Gasteiger partial charge in [-0.15, -0.1) is 0 Å². The molecule has 2 aromatic rings. The van der Waals surface area contributed by atoms with E-state index >= 15 is 0 Å². The Morgan fingerprint density at radius 1 is 1.11 bits per heavy atom. The van der Waals surface area contributed by atoms with Crippen molar-refractivity contribution < 1.29 is 31.9 Å². The van der Waals surface area contributed by atoms with Crippen molar-refractivity contribution in [2.24, 2.45) is 0 Å². The van der Waals surface area contributed by atoms with Gasteiger partial charge in [0, 0.05) is 6.07 Å². The Kier molecular flexibility index (Phi) is 3.52. The van der Waals surface area contributed by atoms with Gasteiger partial charge in [-0.2, -0.15) is 0 Å². The average Bonchev–Trinajstić information content (AvgIpc) is 2.81. The number of carboxylic acid groups (broad SMARTS) is 1. The monoisotopic (exact) mass is 292 g/mol. The maximum atomic E-state index is 13.3. The zero-order valence-corrected chi connectivity index (χ0v) is 9.73. The fourth-order valence-electron chi connectivity index (χ4n) is 1.23. The molecule has 0 fully saturated rings. The molecule has 1 aromatic carbocycles. The molecule has 0 aliphatic rings. The van der Waals surface area contributed by atoms with Crippen LogP contribution in [0.25, 0.3) is 0 Å². The standard InChI is InChI=1S/C11H4F4O3S/c12-4-3-5(13)9(15)10(8(4)14)19-7-2-1-6(18-7)11(16)17/h1-3H,(H,16,17). The molecular formula is C11H4F4O3S. The molecule has 0 amide bonds. The third-order valence-corrected chi connectivity index (χ3v) is 3.05. The van der Waals surface area contributed by atoms with Crippen LogP contribution >= 0.6 is 11.8 Å². The molecule has 0 aliphatic carbocycles. The fourth-order valence-corrected chi connectivity index (χ4v) is 2.07. The first-order chi connectivity index (χ1) is 8.90. The highest BCUT2D eigenvalue weighted by Gasteiger charge is 2.21. The summed E-state index contributed by atoms with van der Waals surface area (Å²) in [6.45, 7) is 0. The summed E-state index contributed by atoms with van der Waals surface area (Å²) in [6.07, 6.45) is 0. The zero-order chi connectivity index (χ0) is 14.2. The lowest BCUT2D eigenvalue weighted by Gasteiger charge is -2.04. The minimum Gasteiger partial charge on any atom is -0.475 e. The summed E-state index contributed by atoms with van der Waals surface area (Å²) in [5, 5.41) is 8.38. The highest BCUT2D eigenvalue weighted by atomic mass is 32.2. The first kappa shape index (κ1) is 13.5. The van der Waals surface area contributed by atoms with Crippen LogP contribution in [-0.2, 0) is 0 Å². The Morgan fingerprint density at radius 3 is 2.16 bits per heavy atom. The molecule has 0 radical (unpaired) electrons. The van der Waals surface area contributed by atoms with E-state index < -0.39 is 39.9 Å². The van der Waals surface area contributed by atoms with E-state index in [1.807, 2.05) is 0 Å². The zero-order valence-electron chi connectivity index (χ0n) is 8.92. The summed E-state index contributed by atoms with van der Waals surface area (Å²) >= 11 is 0.247. The minimum atomic E-state index is -1.57. The Balaban J connectivity index is 2.40. The maximum absolute atomic E-state index is 13.3. The van der Waals surface area contributed by atoms with Gasteiger partial charge in [-0.05, 0) is 23.9 Å². The molecule has 1 heterocycles. The van der Waals surface area contributed by atoms with Gasteiger partial charge < -0.3 is 9.52 Å². The minimum absolute atomic E-state index is 0.0829. The number of carboxylic acids is 1. The lowest BCUT2D eigenvalue weighted by molar-refractivity contribution is 0.0656. The first-order valence-electron chi connectivity index (χ1n) is 4.74. The van der Waals surface area contributed by atoms with Gasteiger partial charge in [0.15, 0.2) is 28.4 Å². The molecule has 3 nitrogen and oxygen atoms in total. The number of rotatable bonds is 3. The van der Waals surface area contributed by atoms with Crippen molar-refractivity contribution in [2.75, 3.05) is 0 Å². The summed E-state index contributed by atoms with van der Waals surface area (Å²) in [5.74, 6) is -8.08. The predicted octanol–water partition coefficient (Wildman–Crippen LogP) is 3.69. The number of furan rings is 1. The van der Waals surface area contributed by atoms with Crippen LogP contribution in [0.5, 0.6) is 0 Å². The lowest BCUT2D eigenvalue weighted by atomic mass is 10.3. The van der Waals surface area contributed by atoms with Crippen molar-refractivity contribution in [2.45, 2.75) is 9.99 Å². The molecule has 0 aliphatic heterocycles. The molecule has 0 spiro atoms. The van der Waals surface area contributed by atoms with Crippen LogP contribution in [-0.4, -0.2) is 11.1 Å². The van der Waals surface area contributed by atoms with Gasteiger partial charge >= 0.3 is 5.97 Å². The van der Waals surface area contributed by atoms with E-state index in [9.17, 15) is 22.4 Å². The molecule has 8 heteroatoms. The average molecular weight is 292 g/mol. The quantitative estimate of drug-likeness (QED) is 0.692. The number of benzene rings is 1. The van der Waals surface area contributed by atoms with Crippen LogP contribution in [0.1, 0.15) is 10.6 Å². The van der Waals surface area contributed by atoms with Crippen molar-refractivity contribution in [3.63, 3.8) is 0 Å². The molecule has 0 saturated heterocycles. The van der Waals surface area contributed by atoms with E-state index in [4.69, 9.17) is 9.52 Å². The van der Waals surface area contributed by atoms with Gasteiger partial charge in [0.2, 0.25) is 5.76 Å². The highest BCUT2D eigenvalue weighted by molar-refractivity contribution is 7.99. The van der Waals surface area contributed by atoms with Gasteiger partial charge in [0.05, 0.1) is 4.90 Å². The fraction of sp³-hybridized carbons (Fsp3) is 0. The van der Waals surface area contributed by atoms with Crippen molar-refractivity contribution in [1.82, 2.24) is 0 Å². The Bertz CT molecular complexity index is 627. The molecule has 0 bridgehead atoms. The van der Waals surface area contributed by atoms with Crippen LogP contribution in [0.15, 0.2) is 32.6 Å². The Labute approximate surface area is 107 Å². The number of halogens is 4. The van der Waals surface area contributed by atoms with Gasteiger partial charge in [-0.1, -0.05) is 0 Å². The predicted molar refractivity (Wildman–Crippen MR) is 56.1 cm³/mol. The maximum Gasteiger partial charge on any atom is 0.371 e. The van der Waals surface area contributed by atoms with E-state index in [2.05, 4.69) is 0 Å². The van der Waals surface area contributed by atoms with Gasteiger partial charge in [-0.3, -0.25) is 0 Å². The van der Waals surface area contributed by atoms with E-state index in [1.165, 1.54) is 0 Å². The topological polar surface area (TPSA) is 50.4 Å². The Morgan fingerprint density at radius 2 is 1.68 bits per heavy atom. The Hall–Kier alpha value is -1.96. The van der Waals surface area contributed by atoms with Crippen molar-refractivity contribution in [3.05, 3.63) is 47.2 Å². The molecular weight excluding hydrogens is 288 g/mol. The summed E-state index contributed by atoms with van der Waals surface area (Å²) < 4.78 is 57.3. The molecule has 19 heavy (non-hydrogen) atoms. The van der Waals surface area contributed by atoms with E-state index in [0.717, 1.165) is 12.1 Å². The highest BCUT2D eigenvalue weighted by Crippen LogP contribution is 2.35. The molecule has 1 N–H and O–H groups in total. The second kappa shape index (κ2) is 4.96. The number of hydrogen-bond donors (Lipinski definition) is 1. The summed E-state index contributed by atoms with van der Waals surface area (Å²) in [7, 11) is 0. The molecule has 1 aromatic heterocycles. The molecule has 2 rings (SSSR count). The lowest BCUT2D eigenvalue weighted by Crippen LogP contribution is -1.96. The number of hydrogen-bond acceptors (Lipinski definition) is 3. The summed E-state index contributed by atoms with van der Waals surface area (Å²) in [6, 6.07) is 2.26. The second-order valence-corrected chi connectivity index (χ2v) is 4.34. The van der Waals surface area contributed by atoms with Crippen LogP contribution in [0.4, 0.5) is 17.6 Å². The van der Waals surface area contributed by atoms with Crippen molar-refractivity contribution >= 4 is 17.7 Å². The third-order valence-electron chi connectivity index (χ3n) is 2.07. The summed E-state index contributed by atoms with van der Waals surface area (Å²) in [4.78, 5) is 9.60. The number of carbonyl (C=O) groups is 1. The normalized spacial score (nSPS) is 10.7. The second-order valence-electron chi connectivity index (χ2n) is 3.32. The van der Waals surface area contributed by atoms with E-state index in [-0.39, 0.29) is 22.9 Å². The van der Waals surface area contributed by atoms with Crippen LogP contribution in [0.3, 0.4) is 0 Å². The summed E-state index contributed by atoms with van der Waals surface area (Å²) in [5.41, 5.74) is 0. The molecule has 0 unspecified atom stereocenters. The van der Waals surface area contributed by atoms with Crippen LogP contribution < -0.4 is 0 Å². The number of aromatic carboxylic acids is 1. The smallest absolute Gasteiger partial charge is 0.371 e. The van der Waals surface area contributed by atoms with Crippen molar-refractivity contribution in [1.29, 1.82) is 0 Å². The van der Waals surface area contributed by atoms with Crippen LogP contribution in [0, 0.1) is 23.3 Å². The van der Waals surface area contributed by atoms with Gasteiger partial charge in [0.1, 0.15) is 0 Å². The van der Waals surface area contributed by atoms with Crippen molar-refractivity contribution in [3.8, 4) is 0 Å². The largest absolute Gasteiger partial charge is 0.475 e. The third kappa shape index (κ3) is 2.58. The van der Waals surface area contributed by atoms with Gasteiger partial charge in [-0.25, -0.2) is 22.4 Å². The SMILES string of the molecule is O=C(O)c1ccc(Sc2c(F)c(F)cc(F)c2F)o1.